The van der Waals surface area contributed by atoms with Gasteiger partial charge in [0.25, 0.3) is 0 Å². The minimum Gasteiger partial charge on any atom is -0.274 e. The van der Waals surface area contributed by atoms with Crippen LogP contribution in [-0.2, 0) is 9.59 Å². The molecule has 1 heterocycles. The molecule has 0 aliphatic carbocycles. The Morgan fingerprint density at radius 1 is 1.21 bits per heavy atom. The van der Waals surface area contributed by atoms with Gasteiger partial charge in [-0.15, -0.1) is 0 Å². The molecule has 2 N–H and O–H groups in total. The number of thioether (sulfide) groups is 1. The number of rotatable bonds is 3. The number of amides is 2. The fourth-order valence-corrected chi connectivity index (χ4v) is 2.21. The smallest absolute Gasteiger partial charge is 0.248 e. The van der Waals surface area contributed by atoms with Gasteiger partial charge in [-0.05, 0) is 6.07 Å². The minimum atomic E-state index is -0.314. The van der Waals surface area contributed by atoms with Crippen LogP contribution in [0.2, 0.25) is 0 Å². The number of hydrogen-bond donors (Lipinski definition) is 2. The van der Waals surface area contributed by atoms with Crippen molar-refractivity contribution in [3.05, 3.63) is 30.6 Å². The Morgan fingerprint density at radius 3 is 2.79 bits per heavy atom. The van der Waals surface area contributed by atoms with Crippen molar-refractivity contribution in [2.24, 2.45) is 0 Å². The number of hydrazine groups is 1. The summed E-state index contributed by atoms with van der Waals surface area (Å²) in [6.07, 6.45) is 1.47. The number of carbonyl (C=O) groups is 2. The molecule has 0 radical (unpaired) electrons. The molecule has 6 nitrogen and oxygen atoms in total. The van der Waals surface area contributed by atoms with E-state index < -0.39 is 0 Å². The highest BCUT2D eigenvalue weighted by molar-refractivity contribution is 8.00. The maximum Gasteiger partial charge on any atom is 0.248 e. The van der Waals surface area contributed by atoms with E-state index >= 15 is 0 Å². The molecule has 0 aliphatic heterocycles. The first kappa shape index (κ1) is 13.3. The Bertz CT molecular complexity index is 612. The first-order valence-electron chi connectivity index (χ1n) is 5.55. The fraction of sp³-hybridized carbons (Fsp3) is 0.167. The van der Waals surface area contributed by atoms with Gasteiger partial charge < -0.3 is 0 Å². The van der Waals surface area contributed by atoms with Gasteiger partial charge in [0.1, 0.15) is 11.4 Å². The van der Waals surface area contributed by atoms with Crippen LogP contribution in [0.1, 0.15) is 6.92 Å². The summed E-state index contributed by atoms with van der Waals surface area (Å²) in [5.74, 6) is -0.435. The SMILES string of the molecule is CC(=O)NNC(=O)CSc1ncnc2ccccc12. The number of fused-ring (bicyclic) bond motifs is 1. The highest BCUT2D eigenvalue weighted by atomic mass is 32.2. The number of nitrogens with zero attached hydrogens (tertiary/aromatic N) is 2. The van der Waals surface area contributed by atoms with Crippen molar-refractivity contribution in [2.45, 2.75) is 11.9 Å². The zero-order chi connectivity index (χ0) is 13.7. The predicted molar refractivity (Wildman–Crippen MR) is 72.2 cm³/mol. The van der Waals surface area contributed by atoms with E-state index in [-0.39, 0.29) is 17.6 Å². The van der Waals surface area contributed by atoms with E-state index in [1.54, 1.807) is 0 Å². The standard InChI is InChI=1S/C12H12N4O2S/c1-8(17)15-16-11(18)6-19-12-9-4-2-3-5-10(9)13-7-14-12/h2-5,7H,6H2,1H3,(H,15,17)(H,16,18). The highest BCUT2D eigenvalue weighted by Crippen LogP contribution is 2.23. The second kappa shape index (κ2) is 6.14. The van der Waals surface area contributed by atoms with E-state index in [1.807, 2.05) is 24.3 Å². The molecule has 0 saturated heterocycles. The van der Waals surface area contributed by atoms with Crippen LogP contribution in [0.15, 0.2) is 35.6 Å². The van der Waals surface area contributed by atoms with Crippen LogP contribution >= 0.6 is 11.8 Å². The molecule has 1 aromatic carbocycles. The molecule has 0 unspecified atom stereocenters. The zero-order valence-electron chi connectivity index (χ0n) is 10.2. The van der Waals surface area contributed by atoms with Gasteiger partial charge in [-0.25, -0.2) is 9.97 Å². The molecule has 98 valence electrons. The highest BCUT2D eigenvalue weighted by Gasteiger charge is 2.07. The lowest BCUT2D eigenvalue weighted by atomic mass is 10.2. The van der Waals surface area contributed by atoms with Crippen LogP contribution in [0, 0.1) is 0 Å². The average Bonchev–Trinajstić information content (AvgIpc) is 2.42. The molecule has 1 aromatic heterocycles. The number of aromatic nitrogens is 2. The average molecular weight is 276 g/mol. The summed E-state index contributed by atoms with van der Waals surface area (Å²) in [6.45, 7) is 1.32. The van der Waals surface area contributed by atoms with Crippen LogP contribution in [0.5, 0.6) is 0 Å². The third kappa shape index (κ3) is 3.65. The predicted octanol–water partition coefficient (Wildman–Crippen LogP) is 0.889. The van der Waals surface area contributed by atoms with Crippen molar-refractivity contribution in [2.75, 3.05) is 5.75 Å². The summed E-state index contributed by atoms with van der Waals surface area (Å²) in [5.41, 5.74) is 5.37. The molecule has 2 rings (SSSR count). The van der Waals surface area contributed by atoms with Gasteiger partial charge in [-0.1, -0.05) is 30.0 Å². The topological polar surface area (TPSA) is 84.0 Å². The van der Waals surface area contributed by atoms with Gasteiger partial charge in [0.15, 0.2) is 0 Å². The van der Waals surface area contributed by atoms with Crippen LogP contribution in [0.3, 0.4) is 0 Å². The lowest BCUT2D eigenvalue weighted by Crippen LogP contribution is -2.41. The van der Waals surface area contributed by atoms with Crippen molar-refractivity contribution in [1.82, 2.24) is 20.8 Å². The van der Waals surface area contributed by atoms with Crippen LogP contribution in [-0.4, -0.2) is 27.5 Å². The summed E-state index contributed by atoms with van der Waals surface area (Å²) < 4.78 is 0. The molecular formula is C12H12N4O2S. The molecule has 7 heteroatoms. The van der Waals surface area contributed by atoms with Gasteiger partial charge in [0.05, 0.1) is 11.3 Å². The first-order valence-corrected chi connectivity index (χ1v) is 6.53. The second-order valence-electron chi connectivity index (χ2n) is 3.71. The zero-order valence-corrected chi connectivity index (χ0v) is 11.0. The van der Waals surface area contributed by atoms with E-state index in [4.69, 9.17) is 0 Å². The molecule has 0 bridgehead atoms. The summed E-state index contributed by atoms with van der Waals surface area (Å²) in [5, 5.41) is 1.64. The van der Waals surface area contributed by atoms with Gasteiger partial charge in [-0.2, -0.15) is 0 Å². The Labute approximate surface area is 114 Å². The monoisotopic (exact) mass is 276 g/mol. The Hall–Kier alpha value is -2.15. The maximum absolute atomic E-state index is 11.5. The van der Waals surface area contributed by atoms with Gasteiger partial charge in [0, 0.05) is 12.3 Å². The third-order valence-corrected chi connectivity index (χ3v) is 3.23. The molecule has 0 atom stereocenters. The lowest BCUT2D eigenvalue weighted by Gasteiger charge is -2.06. The minimum absolute atomic E-state index is 0.168. The third-order valence-electron chi connectivity index (χ3n) is 2.22. The molecule has 2 aromatic rings. The van der Waals surface area contributed by atoms with E-state index in [2.05, 4.69) is 20.8 Å². The molecule has 2 amide bonds. The summed E-state index contributed by atoms with van der Waals surface area (Å²) >= 11 is 1.30. The molecular weight excluding hydrogens is 264 g/mol. The normalized spacial score (nSPS) is 10.2. The molecule has 0 aliphatic rings. The molecule has 0 fully saturated rings. The van der Waals surface area contributed by atoms with E-state index in [0.717, 1.165) is 15.9 Å². The quantitative estimate of drug-likeness (QED) is 0.494. The van der Waals surface area contributed by atoms with E-state index in [0.29, 0.717) is 0 Å². The van der Waals surface area contributed by atoms with Crippen molar-refractivity contribution in [3.63, 3.8) is 0 Å². The maximum atomic E-state index is 11.5. The Morgan fingerprint density at radius 2 is 2.00 bits per heavy atom. The van der Waals surface area contributed by atoms with Gasteiger partial charge >= 0.3 is 0 Å². The van der Waals surface area contributed by atoms with Gasteiger partial charge in [-0.3, -0.25) is 20.4 Å². The number of hydrogen-bond acceptors (Lipinski definition) is 5. The number of nitrogens with one attached hydrogen (secondary N) is 2. The lowest BCUT2D eigenvalue weighted by molar-refractivity contribution is -0.126. The van der Waals surface area contributed by atoms with Crippen LogP contribution < -0.4 is 10.9 Å². The molecule has 19 heavy (non-hydrogen) atoms. The van der Waals surface area contributed by atoms with Crippen molar-refractivity contribution in [1.29, 1.82) is 0 Å². The summed E-state index contributed by atoms with van der Waals surface area (Å²) in [7, 11) is 0. The van der Waals surface area contributed by atoms with E-state index in [9.17, 15) is 9.59 Å². The second-order valence-corrected chi connectivity index (χ2v) is 4.68. The van der Waals surface area contributed by atoms with Crippen molar-refractivity contribution >= 4 is 34.5 Å². The Balaban J connectivity index is 2.02. The number of benzene rings is 1. The summed E-state index contributed by atoms with van der Waals surface area (Å²) in [6, 6.07) is 7.59. The fourth-order valence-electron chi connectivity index (χ4n) is 1.42. The van der Waals surface area contributed by atoms with Crippen molar-refractivity contribution in [3.8, 4) is 0 Å². The summed E-state index contributed by atoms with van der Waals surface area (Å²) in [4.78, 5) is 30.4. The van der Waals surface area contributed by atoms with Crippen LogP contribution in [0.25, 0.3) is 10.9 Å². The van der Waals surface area contributed by atoms with Crippen molar-refractivity contribution < 1.29 is 9.59 Å². The molecule has 0 spiro atoms. The molecule has 0 saturated carbocycles. The Kier molecular flexibility index (Phi) is 4.30. The number of carbonyl (C=O) groups excluding carboxylic acids is 2. The largest absolute Gasteiger partial charge is 0.274 e. The number of para-hydroxylation sites is 1. The van der Waals surface area contributed by atoms with Crippen LogP contribution in [0.4, 0.5) is 0 Å². The van der Waals surface area contributed by atoms with E-state index in [1.165, 1.54) is 25.0 Å². The van der Waals surface area contributed by atoms with Gasteiger partial charge in [0.2, 0.25) is 11.8 Å². The first-order chi connectivity index (χ1) is 9.16.